The lowest BCUT2D eigenvalue weighted by Crippen LogP contribution is -2.25. The van der Waals surface area contributed by atoms with Crippen LogP contribution in [0, 0.1) is 0 Å². The number of benzene rings is 2. The highest BCUT2D eigenvalue weighted by molar-refractivity contribution is 6.00. The van der Waals surface area contributed by atoms with Gasteiger partial charge in [-0.25, -0.2) is 9.50 Å². The molecule has 31 heavy (non-hydrogen) atoms. The Balaban J connectivity index is 1.86. The monoisotopic (exact) mass is 428 g/mol. The number of hydrogen-bond acceptors (Lipinski definition) is 4. The molecule has 0 unspecified atom stereocenters. The molecule has 0 aliphatic carbocycles. The van der Waals surface area contributed by atoms with E-state index in [1.54, 1.807) is 19.2 Å². The molecular formula is C22H19F3N4O2. The number of methoxy groups -OCH3 is 1. The van der Waals surface area contributed by atoms with Crippen molar-refractivity contribution in [2.24, 2.45) is 0 Å². The number of ether oxygens (including phenoxy) is 1. The Morgan fingerprint density at radius 3 is 2.71 bits per heavy atom. The molecule has 9 heteroatoms. The third-order valence-corrected chi connectivity index (χ3v) is 4.88. The summed E-state index contributed by atoms with van der Waals surface area (Å²) in [4.78, 5) is 17.0. The highest BCUT2D eigenvalue weighted by Gasteiger charge is 2.36. The van der Waals surface area contributed by atoms with E-state index in [2.05, 4.69) is 15.4 Å². The summed E-state index contributed by atoms with van der Waals surface area (Å²) in [6, 6.07) is 13.7. The molecule has 0 aliphatic heterocycles. The Hall–Kier alpha value is -3.46. The summed E-state index contributed by atoms with van der Waals surface area (Å²) in [6.07, 6.45) is -3.00. The van der Waals surface area contributed by atoms with Crippen molar-refractivity contribution in [3.8, 4) is 11.3 Å². The molecule has 0 spiro atoms. The van der Waals surface area contributed by atoms with E-state index in [4.69, 9.17) is 4.74 Å². The average molecular weight is 428 g/mol. The molecule has 0 aliphatic rings. The molecular weight excluding hydrogens is 409 g/mol. The summed E-state index contributed by atoms with van der Waals surface area (Å²) in [5.41, 5.74) is -0.518. The summed E-state index contributed by atoms with van der Waals surface area (Å²) in [7, 11) is 1.55. The summed E-state index contributed by atoms with van der Waals surface area (Å²) in [5.74, 6) is -0.540. The van der Waals surface area contributed by atoms with Crippen LogP contribution in [-0.4, -0.2) is 40.8 Å². The van der Waals surface area contributed by atoms with Gasteiger partial charge >= 0.3 is 6.18 Å². The molecule has 0 fully saturated rings. The molecule has 160 valence electrons. The molecule has 2 aromatic heterocycles. The van der Waals surface area contributed by atoms with Gasteiger partial charge in [0, 0.05) is 25.8 Å². The summed E-state index contributed by atoms with van der Waals surface area (Å²) >= 11 is 0. The molecule has 0 radical (unpaired) electrons. The van der Waals surface area contributed by atoms with Crippen molar-refractivity contribution < 1.29 is 22.7 Å². The third kappa shape index (κ3) is 4.09. The zero-order valence-corrected chi connectivity index (χ0v) is 16.6. The number of aromatic nitrogens is 3. The van der Waals surface area contributed by atoms with Crippen LogP contribution in [0.5, 0.6) is 0 Å². The lowest BCUT2D eigenvalue weighted by atomic mass is 10.0. The van der Waals surface area contributed by atoms with Gasteiger partial charge in [-0.3, -0.25) is 4.79 Å². The second-order valence-electron chi connectivity index (χ2n) is 6.95. The first-order valence-corrected chi connectivity index (χ1v) is 9.61. The number of fused-ring (bicyclic) bond motifs is 2. The van der Waals surface area contributed by atoms with Crippen LogP contribution >= 0.6 is 0 Å². The minimum Gasteiger partial charge on any atom is -0.385 e. The van der Waals surface area contributed by atoms with Crippen molar-refractivity contribution in [2.45, 2.75) is 12.6 Å². The maximum Gasteiger partial charge on any atom is 0.433 e. The quantitative estimate of drug-likeness (QED) is 0.464. The Morgan fingerprint density at radius 2 is 1.94 bits per heavy atom. The summed E-state index contributed by atoms with van der Waals surface area (Å²) in [6.45, 7) is 0.774. The Kier molecular flexibility index (Phi) is 5.60. The van der Waals surface area contributed by atoms with E-state index in [1.807, 2.05) is 30.3 Å². The second-order valence-corrected chi connectivity index (χ2v) is 6.95. The van der Waals surface area contributed by atoms with E-state index >= 15 is 0 Å². The molecule has 0 atom stereocenters. The van der Waals surface area contributed by atoms with E-state index in [0.29, 0.717) is 29.7 Å². The minimum absolute atomic E-state index is 0.0231. The standard InChI is InChI=1S/C22H19F3N4O2/c1-31-11-5-10-26-21(30)17-13-27-29-19(22(23,24)25)12-18(28-20(17)29)16-9-4-7-14-6-2-3-8-15(14)16/h2-4,6-9,12-13H,5,10-11H2,1H3,(H,26,30). The molecule has 0 bridgehead atoms. The molecule has 1 amide bonds. The highest BCUT2D eigenvalue weighted by Crippen LogP contribution is 2.34. The molecule has 0 saturated carbocycles. The number of amides is 1. The van der Waals surface area contributed by atoms with Crippen LogP contribution in [0.4, 0.5) is 13.2 Å². The van der Waals surface area contributed by atoms with Gasteiger partial charge in [-0.2, -0.15) is 18.3 Å². The fraction of sp³-hybridized carbons (Fsp3) is 0.227. The zero-order valence-electron chi connectivity index (χ0n) is 16.6. The lowest BCUT2D eigenvalue weighted by Gasteiger charge is -2.13. The van der Waals surface area contributed by atoms with Gasteiger partial charge in [0.25, 0.3) is 5.91 Å². The topological polar surface area (TPSA) is 68.5 Å². The van der Waals surface area contributed by atoms with Crippen LogP contribution in [0.1, 0.15) is 22.5 Å². The van der Waals surface area contributed by atoms with Crippen molar-refractivity contribution in [1.82, 2.24) is 19.9 Å². The number of carbonyl (C=O) groups excluding carboxylic acids is 1. The minimum atomic E-state index is -4.68. The highest BCUT2D eigenvalue weighted by atomic mass is 19.4. The molecule has 6 nitrogen and oxygen atoms in total. The number of nitrogens with zero attached hydrogens (tertiary/aromatic N) is 3. The van der Waals surface area contributed by atoms with E-state index in [-0.39, 0.29) is 16.9 Å². The van der Waals surface area contributed by atoms with Gasteiger partial charge in [0.15, 0.2) is 11.3 Å². The Morgan fingerprint density at radius 1 is 1.16 bits per heavy atom. The first kappa shape index (κ1) is 20.8. The average Bonchev–Trinajstić information content (AvgIpc) is 3.19. The maximum atomic E-state index is 13.8. The SMILES string of the molecule is COCCCNC(=O)c1cnn2c(C(F)(F)F)cc(-c3cccc4ccccc34)nc12. The molecule has 1 N–H and O–H groups in total. The number of halogens is 3. The molecule has 4 aromatic rings. The van der Waals surface area contributed by atoms with Crippen molar-refractivity contribution in [3.05, 3.63) is 66.0 Å². The van der Waals surface area contributed by atoms with Gasteiger partial charge in [0.2, 0.25) is 0 Å². The largest absolute Gasteiger partial charge is 0.433 e. The van der Waals surface area contributed by atoms with Gasteiger partial charge in [-0.05, 0) is 23.3 Å². The molecule has 2 heterocycles. The predicted molar refractivity (Wildman–Crippen MR) is 110 cm³/mol. The normalized spacial score (nSPS) is 11.9. The summed E-state index contributed by atoms with van der Waals surface area (Å²) in [5, 5.41) is 8.10. The van der Waals surface area contributed by atoms with E-state index in [1.165, 1.54) is 0 Å². The smallest absolute Gasteiger partial charge is 0.385 e. The van der Waals surface area contributed by atoms with Crippen molar-refractivity contribution in [1.29, 1.82) is 0 Å². The molecule has 0 saturated heterocycles. The van der Waals surface area contributed by atoms with Crippen molar-refractivity contribution in [3.63, 3.8) is 0 Å². The first-order chi connectivity index (χ1) is 14.9. The van der Waals surface area contributed by atoms with E-state index in [9.17, 15) is 18.0 Å². The van der Waals surface area contributed by atoms with Crippen LogP contribution < -0.4 is 5.32 Å². The van der Waals surface area contributed by atoms with E-state index in [0.717, 1.165) is 23.0 Å². The van der Waals surface area contributed by atoms with E-state index < -0.39 is 17.8 Å². The van der Waals surface area contributed by atoms with Crippen molar-refractivity contribution >= 4 is 22.3 Å². The Bertz CT molecular complexity index is 1250. The number of hydrogen-bond donors (Lipinski definition) is 1. The molecule has 4 rings (SSSR count). The third-order valence-electron chi connectivity index (χ3n) is 4.88. The number of nitrogens with one attached hydrogen (secondary N) is 1. The van der Waals surface area contributed by atoms with Gasteiger partial charge in [-0.15, -0.1) is 0 Å². The second kappa shape index (κ2) is 8.35. The van der Waals surface area contributed by atoms with Gasteiger partial charge in [0.05, 0.1) is 11.9 Å². The number of rotatable bonds is 6. The fourth-order valence-corrected chi connectivity index (χ4v) is 3.43. The fourth-order valence-electron chi connectivity index (χ4n) is 3.43. The van der Waals surface area contributed by atoms with Gasteiger partial charge in [-0.1, -0.05) is 42.5 Å². The van der Waals surface area contributed by atoms with Gasteiger partial charge < -0.3 is 10.1 Å². The van der Waals surface area contributed by atoms with Crippen LogP contribution in [0.25, 0.3) is 27.7 Å². The zero-order chi connectivity index (χ0) is 22.0. The van der Waals surface area contributed by atoms with Crippen molar-refractivity contribution in [2.75, 3.05) is 20.3 Å². The Labute approximate surface area is 175 Å². The van der Waals surface area contributed by atoms with Crippen LogP contribution in [0.3, 0.4) is 0 Å². The van der Waals surface area contributed by atoms with Gasteiger partial charge in [0.1, 0.15) is 5.56 Å². The predicted octanol–water partition coefficient (Wildman–Crippen LogP) is 4.33. The van der Waals surface area contributed by atoms with Crippen LogP contribution in [-0.2, 0) is 10.9 Å². The van der Waals surface area contributed by atoms with Crippen LogP contribution in [0.2, 0.25) is 0 Å². The summed E-state index contributed by atoms with van der Waals surface area (Å²) < 4.78 is 47.1. The lowest BCUT2D eigenvalue weighted by molar-refractivity contribution is -0.142. The maximum absolute atomic E-state index is 13.8. The first-order valence-electron chi connectivity index (χ1n) is 9.61. The molecule has 2 aromatic carbocycles. The number of alkyl halides is 3. The van der Waals surface area contributed by atoms with Crippen LogP contribution in [0.15, 0.2) is 54.7 Å². The number of carbonyl (C=O) groups is 1.